The summed E-state index contributed by atoms with van der Waals surface area (Å²) >= 11 is 1.52. The number of rotatable bonds is 3. The third kappa shape index (κ3) is 2.46. The molecule has 0 unspecified atom stereocenters. The number of hydrogen-bond acceptors (Lipinski definition) is 5. The highest BCUT2D eigenvalue weighted by Gasteiger charge is 2.39. The first kappa shape index (κ1) is 12.2. The maximum atomic E-state index is 11.3. The molecular weight excluding hydrogens is 260 g/mol. The second-order valence-electron chi connectivity index (χ2n) is 4.73. The van der Waals surface area contributed by atoms with Crippen LogP contribution in [0, 0.1) is 0 Å². The Morgan fingerprint density at radius 3 is 2.84 bits per heavy atom. The van der Waals surface area contributed by atoms with E-state index in [1.807, 2.05) is 42.6 Å². The predicted molar refractivity (Wildman–Crippen MR) is 74.5 cm³/mol. The summed E-state index contributed by atoms with van der Waals surface area (Å²) < 4.78 is 5.38. The number of esters is 1. The van der Waals surface area contributed by atoms with Gasteiger partial charge in [0.1, 0.15) is 0 Å². The van der Waals surface area contributed by atoms with Crippen LogP contribution in [0.25, 0.3) is 0 Å². The molecule has 0 radical (unpaired) electrons. The van der Waals surface area contributed by atoms with Gasteiger partial charge in [-0.15, -0.1) is 11.3 Å². The number of hydrogen-bond donors (Lipinski definition) is 1. The summed E-state index contributed by atoms with van der Waals surface area (Å²) in [7, 11) is 0. The van der Waals surface area contributed by atoms with Crippen LogP contribution in [0.5, 0.6) is 0 Å². The van der Waals surface area contributed by atoms with E-state index < -0.39 is 5.60 Å². The molecule has 19 heavy (non-hydrogen) atoms. The molecule has 1 saturated heterocycles. The first-order valence-corrected chi connectivity index (χ1v) is 7.04. The molecule has 1 N–H and O–H groups in total. The fraction of sp³-hybridized carbons (Fsp3) is 0.286. The summed E-state index contributed by atoms with van der Waals surface area (Å²) in [4.78, 5) is 15.8. The lowest BCUT2D eigenvalue weighted by atomic mass is 10.00. The van der Waals surface area contributed by atoms with E-state index in [0.29, 0.717) is 12.8 Å². The van der Waals surface area contributed by atoms with Gasteiger partial charge in [0.25, 0.3) is 0 Å². The molecule has 1 aliphatic heterocycles. The topological polar surface area (TPSA) is 51.2 Å². The molecular formula is C14H14N2O2S. The third-order valence-corrected chi connectivity index (χ3v) is 3.97. The Morgan fingerprint density at radius 2 is 2.16 bits per heavy atom. The van der Waals surface area contributed by atoms with Gasteiger partial charge in [-0.05, 0) is 19.1 Å². The Kier molecular flexibility index (Phi) is 2.98. The van der Waals surface area contributed by atoms with Crippen molar-refractivity contribution in [3.63, 3.8) is 0 Å². The van der Waals surface area contributed by atoms with E-state index in [4.69, 9.17) is 4.74 Å². The average molecular weight is 274 g/mol. The lowest BCUT2D eigenvalue weighted by molar-refractivity contribution is -0.148. The number of nitrogens with zero attached hydrogens (tertiary/aromatic N) is 1. The third-order valence-electron chi connectivity index (χ3n) is 3.22. The van der Waals surface area contributed by atoms with Crippen LogP contribution in [0.15, 0.2) is 35.7 Å². The standard InChI is InChI=1S/C14H14N2O2S/c1-14(8-7-12(17)18-14)11-9-19-13(16-11)15-10-5-3-2-4-6-10/h2-6,9H,7-8H2,1H3,(H,15,16)/t14-/m0/s1. The number of carbonyl (C=O) groups is 1. The van der Waals surface area contributed by atoms with Crippen molar-refractivity contribution in [3.05, 3.63) is 41.4 Å². The Balaban J connectivity index is 1.78. The van der Waals surface area contributed by atoms with Gasteiger partial charge in [-0.25, -0.2) is 4.98 Å². The molecule has 2 aromatic rings. The highest BCUT2D eigenvalue weighted by molar-refractivity contribution is 7.13. The fourth-order valence-corrected chi connectivity index (χ4v) is 2.95. The van der Waals surface area contributed by atoms with E-state index in [-0.39, 0.29) is 5.97 Å². The number of anilines is 2. The van der Waals surface area contributed by atoms with Gasteiger partial charge >= 0.3 is 5.97 Å². The maximum absolute atomic E-state index is 11.3. The molecule has 1 aliphatic rings. The number of nitrogens with one attached hydrogen (secondary N) is 1. The Bertz CT molecular complexity index is 597. The van der Waals surface area contributed by atoms with Gasteiger partial charge in [0.05, 0.1) is 5.69 Å². The van der Waals surface area contributed by atoms with Crippen LogP contribution < -0.4 is 5.32 Å². The van der Waals surface area contributed by atoms with Crippen LogP contribution in [0.2, 0.25) is 0 Å². The highest BCUT2D eigenvalue weighted by Crippen LogP contribution is 2.37. The summed E-state index contributed by atoms with van der Waals surface area (Å²) in [5.74, 6) is -0.145. The van der Waals surface area contributed by atoms with E-state index in [1.54, 1.807) is 0 Å². The number of thiazole rings is 1. The normalized spacial score (nSPS) is 22.3. The molecule has 0 bridgehead atoms. The molecule has 0 amide bonds. The molecule has 0 spiro atoms. The van der Waals surface area contributed by atoms with Crippen LogP contribution in [0.3, 0.4) is 0 Å². The van der Waals surface area contributed by atoms with Crippen LogP contribution in [-0.4, -0.2) is 11.0 Å². The molecule has 1 aromatic heterocycles. The van der Waals surface area contributed by atoms with E-state index >= 15 is 0 Å². The Labute approximate surface area is 115 Å². The second-order valence-corrected chi connectivity index (χ2v) is 5.59. The van der Waals surface area contributed by atoms with Gasteiger partial charge in [0.2, 0.25) is 0 Å². The van der Waals surface area contributed by atoms with Crippen molar-refractivity contribution in [1.29, 1.82) is 0 Å². The molecule has 1 atom stereocenters. The maximum Gasteiger partial charge on any atom is 0.306 e. The molecule has 2 heterocycles. The largest absolute Gasteiger partial charge is 0.453 e. The fourth-order valence-electron chi connectivity index (χ4n) is 2.09. The Morgan fingerprint density at radius 1 is 1.37 bits per heavy atom. The number of carbonyl (C=O) groups excluding carboxylic acids is 1. The van der Waals surface area contributed by atoms with Crippen LogP contribution in [-0.2, 0) is 15.1 Å². The van der Waals surface area contributed by atoms with Gasteiger partial charge in [-0.3, -0.25) is 4.79 Å². The van der Waals surface area contributed by atoms with Gasteiger partial charge in [-0.2, -0.15) is 0 Å². The molecule has 0 aliphatic carbocycles. The van der Waals surface area contributed by atoms with Gasteiger partial charge in [0.15, 0.2) is 10.7 Å². The van der Waals surface area contributed by atoms with E-state index in [2.05, 4.69) is 10.3 Å². The molecule has 3 rings (SSSR count). The van der Waals surface area contributed by atoms with Gasteiger partial charge < -0.3 is 10.1 Å². The first-order chi connectivity index (χ1) is 9.16. The molecule has 1 aromatic carbocycles. The van der Waals surface area contributed by atoms with Crippen LogP contribution >= 0.6 is 11.3 Å². The first-order valence-electron chi connectivity index (χ1n) is 6.16. The van der Waals surface area contributed by atoms with Gasteiger partial charge in [-0.1, -0.05) is 18.2 Å². The number of aromatic nitrogens is 1. The lowest BCUT2D eigenvalue weighted by Gasteiger charge is -2.19. The molecule has 98 valence electrons. The number of cyclic esters (lactones) is 1. The van der Waals surface area contributed by atoms with Gasteiger partial charge in [0, 0.05) is 23.9 Å². The van der Waals surface area contributed by atoms with Crippen molar-refractivity contribution in [1.82, 2.24) is 4.98 Å². The summed E-state index contributed by atoms with van der Waals surface area (Å²) in [6.45, 7) is 1.92. The van der Waals surface area contributed by atoms with Crippen molar-refractivity contribution in [2.45, 2.75) is 25.4 Å². The Hall–Kier alpha value is -1.88. The monoisotopic (exact) mass is 274 g/mol. The molecule has 5 heteroatoms. The SMILES string of the molecule is C[C@@]1(c2csc(Nc3ccccc3)n2)CCC(=O)O1. The second kappa shape index (κ2) is 4.66. The zero-order chi connectivity index (χ0) is 13.3. The predicted octanol–water partition coefficient (Wildman–Crippen LogP) is 3.44. The van der Waals surface area contributed by atoms with Crippen molar-refractivity contribution >= 4 is 28.1 Å². The summed E-state index contributed by atoms with van der Waals surface area (Å²) in [5.41, 5.74) is 1.25. The smallest absolute Gasteiger partial charge is 0.306 e. The van der Waals surface area contributed by atoms with Crippen LogP contribution in [0.4, 0.5) is 10.8 Å². The molecule has 1 fully saturated rings. The van der Waals surface area contributed by atoms with E-state index in [9.17, 15) is 4.79 Å². The minimum atomic E-state index is -0.565. The van der Waals surface area contributed by atoms with E-state index in [1.165, 1.54) is 11.3 Å². The zero-order valence-corrected chi connectivity index (χ0v) is 11.4. The van der Waals surface area contributed by atoms with E-state index in [0.717, 1.165) is 16.5 Å². The molecule has 4 nitrogen and oxygen atoms in total. The summed E-state index contributed by atoms with van der Waals surface area (Å²) in [5, 5.41) is 6.00. The number of para-hydroxylation sites is 1. The number of ether oxygens (including phenoxy) is 1. The number of benzene rings is 1. The van der Waals surface area contributed by atoms with Crippen molar-refractivity contribution < 1.29 is 9.53 Å². The van der Waals surface area contributed by atoms with Crippen LogP contribution in [0.1, 0.15) is 25.5 Å². The summed E-state index contributed by atoms with van der Waals surface area (Å²) in [6.07, 6.45) is 1.16. The highest BCUT2D eigenvalue weighted by atomic mass is 32.1. The van der Waals surface area contributed by atoms with Crippen molar-refractivity contribution in [2.75, 3.05) is 5.32 Å². The molecule has 0 saturated carbocycles. The minimum Gasteiger partial charge on any atom is -0.453 e. The average Bonchev–Trinajstić information content (AvgIpc) is 2.99. The minimum absolute atomic E-state index is 0.145. The quantitative estimate of drug-likeness (QED) is 0.871. The van der Waals surface area contributed by atoms with Crippen molar-refractivity contribution in [3.8, 4) is 0 Å². The lowest BCUT2D eigenvalue weighted by Crippen LogP contribution is -2.21. The van der Waals surface area contributed by atoms with Crippen molar-refractivity contribution in [2.24, 2.45) is 0 Å². The zero-order valence-electron chi connectivity index (χ0n) is 10.6. The summed E-state index contributed by atoms with van der Waals surface area (Å²) in [6, 6.07) is 9.88.